The lowest BCUT2D eigenvalue weighted by Gasteiger charge is -2.26. The number of alkyl carbamates (subject to hydrolysis) is 2. The maximum atomic E-state index is 12.4. The first kappa shape index (κ1) is 94.6. The van der Waals surface area contributed by atoms with Gasteiger partial charge in [0, 0.05) is 163 Å². The molecule has 10 N–H and O–H groups in total. The Hall–Kier alpha value is -11.8. The monoisotopic (exact) mass is 1680 g/mol. The normalized spacial score (nSPS) is 11.1. The van der Waals surface area contributed by atoms with Crippen LogP contribution in [0.3, 0.4) is 0 Å². The van der Waals surface area contributed by atoms with E-state index in [-0.39, 0.29) is 16.8 Å². The summed E-state index contributed by atoms with van der Waals surface area (Å²) in [6, 6.07) is 69.5. The van der Waals surface area contributed by atoms with Crippen LogP contribution in [0.2, 0.25) is 0 Å². The Morgan fingerprint density at radius 2 is 0.529 bits per heavy atom. The number of alkyl halides is 2. The summed E-state index contributed by atoms with van der Waals surface area (Å²) in [5.74, 6) is 1.09. The third kappa shape index (κ3) is 37.6. The van der Waals surface area contributed by atoms with Gasteiger partial charge in [-0.2, -0.15) is 0 Å². The number of nitrogens with zero attached hydrogens (tertiary/aromatic N) is 12. The molecular formula is C95H114Cl2N16O8. The van der Waals surface area contributed by atoms with Crippen LogP contribution in [0.1, 0.15) is 132 Å². The number of nitrogens with one attached hydrogen (secondary N) is 2. The van der Waals surface area contributed by atoms with Crippen LogP contribution in [0.4, 0.5) is 9.59 Å². The second-order valence-corrected chi connectivity index (χ2v) is 31.4. The zero-order chi connectivity index (χ0) is 86.5. The van der Waals surface area contributed by atoms with Gasteiger partial charge in [0.2, 0.25) is 0 Å². The standard InChI is InChI=1S/C39H45N7O3.C34H37N7O.C13H19NO3.C8H11NO.CH2Cl2/c1-39(2,3)49-38(48)44-21-16-30-22-31(24-45(26-33-12-4-8-17-40-33)27-34-13-5-9-18-41-34)37(47)32(23-30)25-46(28-35-14-6-10-19-42-35)29-36-15-7-11-20-43-36;35-14-13-27-19-28(21-40(23-30-9-1-5-15-36-30)24-31-10-2-6-16-37-31)34(42)29(20-27)22-41(25-32-11-3-7-17-38-32)26-33-12-4-8-18-39-33;1-13(2,3)17-12(16)14-9-8-10-4-6-11(15)7-5-10;9-6-5-7-1-3-8(10)4-2-7;2-1-3/h4-15,17-20,22-23,47H,16,21,24-29H2,1-3H3,(H,44,48);1-12,15-20,42H,13-14,21-26,35H2;4-7,15H,8-9H2,1-3H3,(H,14,16);1-4,10H,5-6,9H2;1H2. The van der Waals surface area contributed by atoms with Crippen LogP contribution in [-0.2, 0) is 114 Å². The molecule has 24 nitrogen and oxygen atoms in total. The number of phenolic OH excluding ortho intramolecular Hbond substituents is 4. The van der Waals surface area contributed by atoms with Crippen LogP contribution < -0.4 is 22.1 Å². The number of phenols is 4. The van der Waals surface area contributed by atoms with E-state index in [9.17, 15) is 19.8 Å². The van der Waals surface area contributed by atoms with Crippen molar-refractivity contribution >= 4 is 35.4 Å². The van der Waals surface area contributed by atoms with E-state index in [4.69, 9.17) is 54.4 Å². The third-order valence-corrected chi connectivity index (χ3v) is 18.0. The second kappa shape index (κ2) is 51.6. The third-order valence-electron chi connectivity index (χ3n) is 18.0. The predicted octanol–water partition coefficient (Wildman–Crippen LogP) is 16.1. The lowest BCUT2D eigenvalue weighted by molar-refractivity contribution is 0.0517. The van der Waals surface area contributed by atoms with Crippen molar-refractivity contribution in [1.29, 1.82) is 0 Å². The van der Waals surface area contributed by atoms with Crippen molar-refractivity contribution in [2.75, 3.05) is 31.5 Å². The molecule has 0 aliphatic carbocycles. The van der Waals surface area contributed by atoms with Gasteiger partial charge >= 0.3 is 12.2 Å². The highest BCUT2D eigenvalue weighted by Crippen LogP contribution is 2.32. The Kier molecular flexibility index (Phi) is 40.4. The fourth-order valence-electron chi connectivity index (χ4n) is 12.7. The average Bonchev–Trinajstić information content (AvgIpc) is 0.818. The van der Waals surface area contributed by atoms with Gasteiger partial charge in [0.25, 0.3) is 0 Å². The largest absolute Gasteiger partial charge is 0.508 e. The van der Waals surface area contributed by atoms with Gasteiger partial charge in [-0.05, 0) is 224 Å². The lowest BCUT2D eigenvalue weighted by atomic mass is 10.00. The summed E-state index contributed by atoms with van der Waals surface area (Å²) in [4.78, 5) is 69.2. The van der Waals surface area contributed by atoms with E-state index in [1.54, 1.807) is 49.1 Å². The number of rotatable bonds is 34. The van der Waals surface area contributed by atoms with Crippen LogP contribution in [0, 0.1) is 0 Å². The number of halogens is 2. The number of ether oxygens (including phenoxy) is 2. The molecule has 0 aliphatic rings. The molecule has 4 aromatic carbocycles. The summed E-state index contributed by atoms with van der Waals surface area (Å²) >= 11 is 9.53. The number of amides is 2. The SMILES string of the molecule is CC(C)(C)OC(=O)NCCc1cc(CN(Cc2ccccn2)Cc2ccccn2)c(O)c(CN(Cc2ccccn2)Cc2ccccn2)c1.CC(C)(C)OC(=O)NCCc1ccc(O)cc1.ClCCl.NCCc1cc(CN(Cc2ccccn2)Cc2ccccn2)c(O)c(CN(Cc2ccccn2)Cc2ccccn2)c1.NCCc1ccc(O)cc1. The highest BCUT2D eigenvalue weighted by atomic mass is 35.5. The Labute approximate surface area is 721 Å². The van der Waals surface area contributed by atoms with Crippen molar-refractivity contribution in [2.24, 2.45) is 11.5 Å². The zero-order valence-electron chi connectivity index (χ0n) is 70.0. The molecule has 8 aromatic heterocycles. The van der Waals surface area contributed by atoms with Crippen LogP contribution in [0.5, 0.6) is 23.0 Å². The first-order valence-corrected chi connectivity index (χ1v) is 41.3. The van der Waals surface area contributed by atoms with E-state index in [0.717, 1.165) is 97.3 Å². The van der Waals surface area contributed by atoms with Gasteiger partial charge in [-0.3, -0.25) is 59.5 Å². The van der Waals surface area contributed by atoms with Crippen LogP contribution in [-0.4, -0.2) is 135 Å². The number of hydrogen-bond donors (Lipinski definition) is 8. The minimum atomic E-state index is -0.585. The molecule has 0 saturated heterocycles. The molecule has 0 radical (unpaired) electrons. The molecule has 0 atom stereocenters. The minimum absolute atomic E-state index is 0.194. The Bertz CT molecular complexity index is 4510. The summed E-state index contributed by atoms with van der Waals surface area (Å²) in [5.41, 5.74) is 25.4. The number of carbonyl (C=O) groups is 2. The fourth-order valence-corrected chi connectivity index (χ4v) is 12.7. The molecule has 0 aliphatic heterocycles. The van der Waals surface area contributed by atoms with Gasteiger partial charge in [-0.25, -0.2) is 9.59 Å². The second-order valence-electron chi connectivity index (χ2n) is 30.5. The summed E-state index contributed by atoms with van der Waals surface area (Å²) in [5, 5.41) is 47.4. The van der Waals surface area contributed by atoms with E-state index in [0.29, 0.717) is 129 Å². The quantitative estimate of drug-likeness (QED) is 0.0174. The first-order chi connectivity index (χ1) is 58.5. The van der Waals surface area contributed by atoms with E-state index in [2.05, 4.69) is 82.2 Å². The molecule has 0 unspecified atom stereocenters. The van der Waals surface area contributed by atoms with E-state index in [1.807, 2.05) is 248 Å². The number of hydrogen-bond acceptors (Lipinski definition) is 22. The maximum absolute atomic E-state index is 12.4. The van der Waals surface area contributed by atoms with Gasteiger partial charge in [-0.1, -0.05) is 97.1 Å². The van der Waals surface area contributed by atoms with Crippen molar-refractivity contribution in [1.82, 2.24) is 70.1 Å². The number of nitrogens with two attached hydrogens (primary N) is 2. The number of aromatic nitrogens is 8. The van der Waals surface area contributed by atoms with E-state index < -0.39 is 23.4 Å². The molecule has 2 amide bonds. The van der Waals surface area contributed by atoms with E-state index >= 15 is 0 Å². The maximum Gasteiger partial charge on any atom is 0.407 e. The topological polar surface area (TPSA) is 326 Å². The molecular weight excluding hydrogens is 1560 g/mol. The fraction of sp³-hybridized carbons (Fsp3) is 0.305. The Balaban J connectivity index is 0.000000226. The summed E-state index contributed by atoms with van der Waals surface area (Å²) < 4.78 is 10.6. The molecule has 0 fully saturated rings. The highest BCUT2D eigenvalue weighted by molar-refractivity contribution is 6.40. The first-order valence-electron chi connectivity index (χ1n) is 40.2. The van der Waals surface area contributed by atoms with Gasteiger partial charge in [0.15, 0.2) is 0 Å². The molecule has 121 heavy (non-hydrogen) atoms. The van der Waals surface area contributed by atoms with Crippen molar-refractivity contribution in [3.8, 4) is 23.0 Å². The number of pyridine rings is 8. The number of benzene rings is 4. The summed E-state index contributed by atoms with van der Waals surface area (Å²) in [6.45, 7) is 19.9. The molecule has 0 bridgehead atoms. The molecule has 636 valence electrons. The van der Waals surface area contributed by atoms with Gasteiger partial charge in [0.1, 0.15) is 34.2 Å². The van der Waals surface area contributed by atoms with Crippen LogP contribution >= 0.6 is 23.2 Å². The minimum Gasteiger partial charge on any atom is -0.508 e. The molecule has 8 heterocycles. The van der Waals surface area contributed by atoms with Crippen LogP contribution in [0.25, 0.3) is 0 Å². The Morgan fingerprint density at radius 1 is 0.322 bits per heavy atom. The van der Waals surface area contributed by atoms with Gasteiger partial charge < -0.3 is 52.0 Å². The molecule has 26 heteroatoms. The molecule has 12 rings (SSSR count). The lowest BCUT2D eigenvalue weighted by Crippen LogP contribution is -2.33. The molecule has 0 saturated carbocycles. The molecule has 12 aromatic rings. The van der Waals surface area contributed by atoms with Crippen molar-refractivity contribution in [3.05, 3.63) is 358 Å². The van der Waals surface area contributed by atoms with Crippen LogP contribution in [0.15, 0.2) is 268 Å². The van der Waals surface area contributed by atoms with Crippen molar-refractivity contribution in [3.63, 3.8) is 0 Å². The zero-order valence-corrected chi connectivity index (χ0v) is 71.5. The average molecular weight is 1680 g/mol. The summed E-state index contributed by atoms with van der Waals surface area (Å²) in [6.07, 6.45) is 16.4. The van der Waals surface area contributed by atoms with E-state index in [1.165, 1.54) is 5.56 Å². The molecule has 0 spiro atoms. The smallest absolute Gasteiger partial charge is 0.407 e. The predicted molar refractivity (Wildman–Crippen MR) is 476 cm³/mol. The Morgan fingerprint density at radius 3 is 0.736 bits per heavy atom. The van der Waals surface area contributed by atoms with Gasteiger partial charge in [0.05, 0.1) is 50.9 Å². The van der Waals surface area contributed by atoms with Gasteiger partial charge in [-0.15, -0.1) is 23.2 Å². The highest BCUT2D eigenvalue weighted by Gasteiger charge is 2.23. The number of carbonyl (C=O) groups excluding carboxylic acids is 2. The summed E-state index contributed by atoms with van der Waals surface area (Å²) in [7, 11) is 0. The number of aromatic hydroxyl groups is 4. The van der Waals surface area contributed by atoms with Crippen molar-refractivity contribution in [2.45, 2.75) is 157 Å². The van der Waals surface area contributed by atoms with Crippen molar-refractivity contribution < 1.29 is 39.5 Å².